The van der Waals surface area contributed by atoms with Gasteiger partial charge in [-0.2, -0.15) is 5.10 Å². The molecule has 0 aliphatic carbocycles. The van der Waals surface area contributed by atoms with Crippen molar-refractivity contribution < 1.29 is 9.53 Å². The van der Waals surface area contributed by atoms with Crippen molar-refractivity contribution in [3.05, 3.63) is 82.9 Å². The Morgan fingerprint density at radius 3 is 2.77 bits per heavy atom. The molecule has 0 unspecified atom stereocenters. The van der Waals surface area contributed by atoms with Crippen molar-refractivity contribution in [1.29, 1.82) is 0 Å². The molecule has 156 valence electrons. The number of hydrogen-bond donors (Lipinski definition) is 1. The number of thiophene rings is 1. The van der Waals surface area contributed by atoms with Gasteiger partial charge >= 0.3 is 0 Å². The first kappa shape index (κ1) is 20.5. The van der Waals surface area contributed by atoms with E-state index < -0.39 is 5.91 Å². The molecule has 7 nitrogen and oxygen atoms in total. The molecular formula is C23H20N4O3S. The molecule has 0 atom stereocenters. The number of nitrogens with one attached hydrogen (secondary N) is 1. The van der Waals surface area contributed by atoms with E-state index in [0.717, 1.165) is 16.0 Å². The number of para-hydroxylation sites is 1. The van der Waals surface area contributed by atoms with Crippen LogP contribution in [0.4, 0.5) is 0 Å². The minimum atomic E-state index is -0.424. The van der Waals surface area contributed by atoms with E-state index in [1.807, 2.05) is 67.6 Å². The normalized spacial score (nSPS) is 11.1. The minimum absolute atomic E-state index is 0.178. The predicted octanol–water partition coefficient (Wildman–Crippen LogP) is 3.67. The molecule has 1 N–H and O–H groups in total. The molecule has 0 fully saturated rings. The number of hydrazone groups is 1. The molecule has 0 aliphatic rings. The van der Waals surface area contributed by atoms with Gasteiger partial charge in [-0.15, -0.1) is 11.3 Å². The second-order valence-electron chi connectivity index (χ2n) is 6.64. The summed E-state index contributed by atoms with van der Waals surface area (Å²) in [6.07, 6.45) is 2.90. The minimum Gasteiger partial charge on any atom is -0.493 e. The van der Waals surface area contributed by atoms with Gasteiger partial charge in [-0.25, -0.2) is 10.4 Å². The first-order valence-corrected chi connectivity index (χ1v) is 10.6. The van der Waals surface area contributed by atoms with Crippen LogP contribution in [0.3, 0.4) is 0 Å². The van der Waals surface area contributed by atoms with Crippen molar-refractivity contribution in [2.75, 3.05) is 6.61 Å². The van der Waals surface area contributed by atoms with Crippen molar-refractivity contribution in [2.24, 2.45) is 5.10 Å². The molecule has 2 aromatic carbocycles. The van der Waals surface area contributed by atoms with Gasteiger partial charge in [0.2, 0.25) is 0 Å². The number of aromatic nitrogens is 2. The van der Waals surface area contributed by atoms with Crippen LogP contribution in [0.5, 0.6) is 5.75 Å². The highest BCUT2D eigenvalue weighted by Gasteiger charge is 2.12. The molecule has 0 aliphatic heterocycles. The molecule has 2 heterocycles. The second-order valence-corrected chi connectivity index (χ2v) is 7.67. The van der Waals surface area contributed by atoms with Crippen molar-refractivity contribution in [3.8, 4) is 16.2 Å². The molecule has 0 radical (unpaired) electrons. The van der Waals surface area contributed by atoms with Gasteiger partial charge in [0.1, 0.15) is 17.1 Å². The van der Waals surface area contributed by atoms with E-state index >= 15 is 0 Å². The van der Waals surface area contributed by atoms with Crippen molar-refractivity contribution in [2.45, 2.75) is 13.5 Å². The highest BCUT2D eigenvalue weighted by molar-refractivity contribution is 7.21. The van der Waals surface area contributed by atoms with Crippen LogP contribution in [0.2, 0.25) is 0 Å². The average molecular weight is 433 g/mol. The molecule has 8 heteroatoms. The molecule has 0 spiro atoms. The van der Waals surface area contributed by atoms with Crippen LogP contribution >= 0.6 is 11.3 Å². The Morgan fingerprint density at radius 2 is 1.97 bits per heavy atom. The summed E-state index contributed by atoms with van der Waals surface area (Å²) in [6, 6.07) is 19.0. The lowest BCUT2D eigenvalue weighted by atomic mass is 10.2. The van der Waals surface area contributed by atoms with Gasteiger partial charge in [0, 0.05) is 10.4 Å². The van der Waals surface area contributed by atoms with Crippen LogP contribution in [-0.2, 0) is 11.3 Å². The average Bonchev–Trinajstić information content (AvgIpc) is 3.23. The van der Waals surface area contributed by atoms with E-state index in [1.165, 1.54) is 28.4 Å². The van der Waals surface area contributed by atoms with Gasteiger partial charge in [-0.05, 0) is 30.7 Å². The van der Waals surface area contributed by atoms with Crippen LogP contribution in [0.25, 0.3) is 20.7 Å². The summed E-state index contributed by atoms with van der Waals surface area (Å²) in [5.74, 6) is 0.257. The zero-order chi connectivity index (χ0) is 21.6. The lowest BCUT2D eigenvalue weighted by molar-refractivity contribution is -0.121. The Hall–Kier alpha value is -3.78. The lowest BCUT2D eigenvalue weighted by Crippen LogP contribution is -2.29. The largest absolute Gasteiger partial charge is 0.493 e. The summed E-state index contributed by atoms with van der Waals surface area (Å²) in [5.41, 5.74) is 3.96. The molecule has 2 aromatic heterocycles. The summed E-state index contributed by atoms with van der Waals surface area (Å²) < 4.78 is 6.80. The topological polar surface area (TPSA) is 85.6 Å². The third kappa shape index (κ3) is 4.70. The van der Waals surface area contributed by atoms with Crippen LogP contribution in [0, 0.1) is 0 Å². The van der Waals surface area contributed by atoms with Gasteiger partial charge < -0.3 is 4.74 Å². The van der Waals surface area contributed by atoms with Gasteiger partial charge in [-0.3, -0.25) is 14.2 Å². The first-order chi connectivity index (χ1) is 15.2. The summed E-state index contributed by atoms with van der Waals surface area (Å²) in [5, 5.41) is 4.47. The van der Waals surface area contributed by atoms with Crippen molar-refractivity contribution in [3.63, 3.8) is 0 Å². The summed E-state index contributed by atoms with van der Waals surface area (Å²) in [4.78, 5) is 31.1. The smallest absolute Gasteiger partial charge is 0.262 e. The standard InChI is InChI=1S/C23H20N4O3S/c1-2-30-19-11-7-6-10-17(19)13-25-26-21(28)14-27-15-24-22-18(23(27)29)12-20(31-22)16-8-4-3-5-9-16/h3-13,15H,2,14H2,1H3,(H,26,28). The van der Waals surface area contributed by atoms with E-state index in [9.17, 15) is 9.59 Å². The van der Waals surface area contributed by atoms with Gasteiger partial charge in [0.05, 0.1) is 24.5 Å². The Kier molecular flexibility index (Phi) is 6.18. The summed E-state index contributed by atoms with van der Waals surface area (Å²) in [7, 11) is 0. The van der Waals surface area contributed by atoms with E-state index in [-0.39, 0.29) is 12.1 Å². The van der Waals surface area contributed by atoms with E-state index in [2.05, 4.69) is 15.5 Å². The number of carbonyl (C=O) groups excluding carboxylic acids is 1. The van der Waals surface area contributed by atoms with E-state index in [0.29, 0.717) is 22.6 Å². The Labute approximate surface area is 182 Å². The fraction of sp³-hybridized carbons (Fsp3) is 0.130. The van der Waals surface area contributed by atoms with Crippen LogP contribution < -0.4 is 15.7 Å². The monoisotopic (exact) mass is 432 g/mol. The Balaban J connectivity index is 1.48. The van der Waals surface area contributed by atoms with Crippen molar-refractivity contribution >= 4 is 33.7 Å². The fourth-order valence-corrected chi connectivity index (χ4v) is 4.05. The highest BCUT2D eigenvalue weighted by atomic mass is 32.1. The maximum atomic E-state index is 12.8. The van der Waals surface area contributed by atoms with Crippen LogP contribution in [-0.4, -0.2) is 28.3 Å². The number of carbonyl (C=O) groups is 1. The molecule has 0 bridgehead atoms. The summed E-state index contributed by atoms with van der Waals surface area (Å²) in [6.45, 7) is 2.25. The fourth-order valence-electron chi connectivity index (χ4n) is 3.06. The highest BCUT2D eigenvalue weighted by Crippen LogP contribution is 2.30. The first-order valence-electron chi connectivity index (χ1n) is 9.74. The maximum Gasteiger partial charge on any atom is 0.262 e. The molecular weight excluding hydrogens is 412 g/mol. The molecule has 31 heavy (non-hydrogen) atoms. The Bertz CT molecular complexity index is 1300. The summed E-state index contributed by atoms with van der Waals surface area (Å²) >= 11 is 1.45. The molecule has 1 amide bonds. The number of nitrogens with zero attached hydrogens (tertiary/aromatic N) is 3. The van der Waals surface area contributed by atoms with Crippen LogP contribution in [0.1, 0.15) is 12.5 Å². The van der Waals surface area contributed by atoms with E-state index in [1.54, 1.807) is 0 Å². The molecule has 0 saturated carbocycles. The van der Waals surface area contributed by atoms with Crippen LogP contribution in [0.15, 0.2) is 76.9 Å². The zero-order valence-electron chi connectivity index (χ0n) is 16.8. The van der Waals surface area contributed by atoms with Gasteiger partial charge in [0.25, 0.3) is 11.5 Å². The van der Waals surface area contributed by atoms with Gasteiger partial charge in [0.15, 0.2) is 0 Å². The third-order valence-corrected chi connectivity index (χ3v) is 5.59. The molecule has 4 aromatic rings. The number of rotatable bonds is 7. The molecule has 0 saturated heterocycles. The van der Waals surface area contributed by atoms with Gasteiger partial charge in [-0.1, -0.05) is 42.5 Å². The third-order valence-electron chi connectivity index (χ3n) is 4.50. The second kappa shape index (κ2) is 9.36. The maximum absolute atomic E-state index is 12.8. The number of benzene rings is 2. The lowest BCUT2D eigenvalue weighted by Gasteiger charge is -2.06. The number of amides is 1. The number of ether oxygens (including phenoxy) is 1. The molecule has 4 rings (SSSR count). The van der Waals surface area contributed by atoms with E-state index in [4.69, 9.17) is 4.74 Å². The number of hydrogen-bond acceptors (Lipinski definition) is 6. The van der Waals surface area contributed by atoms with Crippen molar-refractivity contribution in [1.82, 2.24) is 15.0 Å². The zero-order valence-corrected chi connectivity index (χ0v) is 17.6. The quantitative estimate of drug-likeness (QED) is 0.357. The SMILES string of the molecule is CCOc1ccccc1C=NNC(=O)Cn1cnc2sc(-c3ccccc3)cc2c1=O. The predicted molar refractivity (Wildman–Crippen MR) is 123 cm³/mol. The number of fused-ring (bicyclic) bond motifs is 1. The Morgan fingerprint density at radius 1 is 1.19 bits per heavy atom.